The van der Waals surface area contributed by atoms with Crippen molar-refractivity contribution in [2.24, 2.45) is 29.6 Å². The minimum Gasteiger partial charge on any atom is -0.386 e. The lowest BCUT2D eigenvalue weighted by Gasteiger charge is -2.41. The van der Waals surface area contributed by atoms with Crippen molar-refractivity contribution in [2.45, 2.75) is 148 Å². The van der Waals surface area contributed by atoms with Crippen molar-refractivity contribution in [3.8, 4) is 0 Å². The molecule has 0 radical (unpaired) electrons. The van der Waals surface area contributed by atoms with Gasteiger partial charge in [0.2, 0.25) is 53.2 Å². The van der Waals surface area contributed by atoms with Gasteiger partial charge in [-0.25, -0.2) is 0 Å². The van der Waals surface area contributed by atoms with E-state index in [-0.39, 0.29) is 82.3 Å². The molecular weight excluding hydrogens is 1270 g/mol. The molecule has 2 fully saturated rings. The van der Waals surface area contributed by atoms with Crippen molar-refractivity contribution in [3.05, 3.63) is 83.9 Å². The summed E-state index contributed by atoms with van der Waals surface area (Å²) in [5, 5.41) is 27.0. The highest BCUT2D eigenvalue weighted by Gasteiger charge is 2.44. The van der Waals surface area contributed by atoms with Crippen molar-refractivity contribution in [1.82, 2.24) is 56.4 Å². The van der Waals surface area contributed by atoms with Gasteiger partial charge in [0, 0.05) is 79.5 Å². The van der Waals surface area contributed by atoms with Gasteiger partial charge in [0.25, 0.3) is 11.8 Å². The summed E-state index contributed by atoms with van der Waals surface area (Å²) < 4.78 is 23.5. The zero-order valence-corrected chi connectivity index (χ0v) is 59.0. The van der Waals surface area contributed by atoms with E-state index in [1.54, 1.807) is 101 Å². The third-order valence-corrected chi connectivity index (χ3v) is 18.5. The summed E-state index contributed by atoms with van der Waals surface area (Å²) in [5.74, 6) is -8.63. The van der Waals surface area contributed by atoms with Crippen molar-refractivity contribution in [1.29, 1.82) is 0 Å². The van der Waals surface area contributed by atoms with E-state index in [9.17, 15) is 62.6 Å². The molecule has 3 aliphatic heterocycles. The number of methoxy groups -OCH3 is 2. The maximum atomic E-state index is 14.9. The average Bonchev–Trinajstić information content (AvgIpc) is 1.33. The van der Waals surface area contributed by atoms with Gasteiger partial charge in [-0.15, -0.1) is 0 Å². The van der Waals surface area contributed by atoms with Crippen LogP contribution in [0.15, 0.2) is 72.8 Å². The molecule has 98 heavy (non-hydrogen) atoms. The largest absolute Gasteiger partial charge is 0.386 e. The van der Waals surface area contributed by atoms with E-state index in [1.165, 1.54) is 31.1 Å². The van der Waals surface area contributed by atoms with E-state index < -0.39 is 151 Å². The van der Waals surface area contributed by atoms with Gasteiger partial charge in [0.1, 0.15) is 23.9 Å². The van der Waals surface area contributed by atoms with Gasteiger partial charge < -0.3 is 70.7 Å². The van der Waals surface area contributed by atoms with Gasteiger partial charge in [-0.3, -0.25) is 67.3 Å². The van der Waals surface area contributed by atoms with Crippen LogP contribution in [-0.4, -0.2) is 256 Å². The number of carbonyl (C=O) groups excluding carboxylic acids is 12. The fourth-order valence-electron chi connectivity index (χ4n) is 12.5. The first-order chi connectivity index (χ1) is 46.6. The first kappa shape index (κ1) is 80.7. The Bertz CT molecular complexity index is 3020. The summed E-state index contributed by atoms with van der Waals surface area (Å²) in [6.45, 7) is 14.1. The fraction of sp³-hybridized carbons (Fsp3) is 0.629. The number of hydrogen-bond donors (Lipinski definition) is 7. The smallest absolute Gasteiger partial charge is 0.253 e. The minimum atomic E-state index is -1.23. The van der Waals surface area contributed by atoms with E-state index in [2.05, 4.69) is 31.9 Å². The number of aliphatic hydroxyl groups is 1. The van der Waals surface area contributed by atoms with Crippen LogP contribution in [0.1, 0.15) is 105 Å². The third-order valence-electron chi connectivity index (χ3n) is 18.5. The zero-order valence-electron chi connectivity index (χ0n) is 59.0. The molecule has 3 aliphatic rings. The number of Topliss-reactive ketones (excluding diaryl/α,β-unsaturated/α-hetero) is 1. The Balaban J connectivity index is 1.13. The highest BCUT2D eigenvalue weighted by Crippen LogP contribution is 2.30. The van der Waals surface area contributed by atoms with Gasteiger partial charge >= 0.3 is 0 Å². The highest BCUT2D eigenvalue weighted by atomic mass is 16.5. The van der Waals surface area contributed by atoms with Crippen LogP contribution in [0, 0.1) is 29.6 Å². The number of likely N-dealkylation sites (N-methyl/N-ethyl adjacent to an activating group) is 2. The molecule has 28 heteroatoms. The number of aliphatic hydroxyl groups excluding tert-OH is 1. The highest BCUT2D eigenvalue weighted by molar-refractivity contribution is 6.13. The maximum absolute atomic E-state index is 14.9. The predicted molar refractivity (Wildman–Crippen MR) is 361 cm³/mol. The molecule has 0 aliphatic carbocycles. The molecule has 542 valence electrons. The number of hydrogen-bond acceptors (Lipinski definition) is 18. The lowest BCUT2D eigenvalue weighted by molar-refractivity contribution is -0.148. The number of nitrogens with zero attached hydrogens (tertiary/aromatic N) is 5. The Hall–Kier alpha value is -8.02. The van der Waals surface area contributed by atoms with Crippen LogP contribution in [0.3, 0.4) is 0 Å². The molecule has 11 atom stereocenters. The Morgan fingerprint density at radius 3 is 1.87 bits per heavy atom. The Kier molecular flexibility index (Phi) is 33.0. The number of amides is 11. The monoisotopic (exact) mass is 1370 g/mol. The topological polar surface area (TPSA) is 350 Å². The Labute approximate surface area is 575 Å². The summed E-state index contributed by atoms with van der Waals surface area (Å²) >= 11 is 0. The molecule has 2 aromatic rings. The number of ketones is 1. The molecule has 0 spiro atoms. The zero-order chi connectivity index (χ0) is 72.3. The molecule has 0 bridgehead atoms. The SMILES string of the molecule is CC[C@H](C)[C@@H]([C@@H](CC(=O)N1CCC[C@@H]1[C@H](OC)[C@@H](C)C(=O)N[C@H](C)[C@@H](O)c1ccccc1)OC)N(C)C(=O)[C@@H](NC(=O)[C@H](C(C)C)N(C)C(=O)CNC(=O)[C@H](Cc1ccccc1)NC(=O)CNC(=O)CNC(=O)CN1CCOCC(C(=O)CCN2C(=O)C=CC2=O)COCC1)C(C)C. The number of carbonyl (C=O) groups is 12. The number of rotatable bonds is 36. The summed E-state index contributed by atoms with van der Waals surface area (Å²) in [6.07, 6.45) is 1.57. The number of ether oxygens (including phenoxy) is 4. The van der Waals surface area contributed by atoms with Crippen molar-refractivity contribution in [3.63, 3.8) is 0 Å². The Morgan fingerprint density at radius 2 is 1.29 bits per heavy atom. The van der Waals surface area contributed by atoms with Gasteiger partial charge in [-0.1, -0.05) is 116 Å². The van der Waals surface area contributed by atoms with Crippen LogP contribution >= 0.6 is 0 Å². The molecule has 0 saturated carbocycles. The lowest BCUT2D eigenvalue weighted by Crippen LogP contribution is -2.61. The van der Waals surface area contributed by atoms with Crippen molar-refractivity contribution < 1.29 is 81.6 Å². The quantitative estimate of drug-likeness (QED) is 0.0462. The molecule has 5 rings (SSSR count). The molecule has 11 amide bonds. The number of nitrogens with one attached hydrogen (secondary N) is 6. The molecule has 0 aromatic heterocycles. The first-order valence-electron chi connectivity index (χ1n) is 33.9. The molecule has 7 N–H and O–H groups in total. The molecule has 28 nitrogen and oxygen atoms in total. The van der Waals surface area contributed by atoms with Crippen molar-refractivity contribution >= 4 is 70.8 Å². The second kappa shape index (κ2) is 40.1. The van der Waals surface area contributed by atoms with E-state index in [0.29, 0.717) is 50.0 Å². The summed E-state index contributed by atoms with van der Waals surface area (Å²) in [7, 11) is 6.02. The molecule has 0 unspecified atom stereocenters. The number of benzene rings is 2. The molecule has 3 heterocycles. The summed E-state index contributed by atoms with van der Waals surface area (Å²) in [6, 6.07) is 12.6. The summed E-state index contributed by atoms with van der Waals surface area (Å²) in [5.41, 5.74) is 1.33. The van der Waals surface area contributed by atoms with E-state index in [1.807, 2.05) is 32.0 Å². The van der Waals surface area contributed by atoms with Crippen LogP contribution in [0.2, 0.25) is 0 Å². The van der Waals surface area contributed by atoms with Crippen molar-refractivity contribution in [2.75, 3.05) is 107 Å². The fourth-order valence-corrected chi connectivity index (χ4v) is 12.5. The van der Waals surface area contributed by atoms with Crippen LogP contribution < -0.4 is 31.9 Å². The minimum absolute atomic E-state index is 0.00566. The number of imide groups is 1. The van der Waals surface area contributed by atoms with Gasteiger partial charge in [0.15, 0.2) is 0 Å². The number of likely N-dealkylation sites (tertiary alicyclic amines) is 1. The lowest BCUT2D eigenvalue weighted by atomic mass is 9.89. The van der Waals surface area contributed by atoms with E-state index >= 15 is 0 Å². The van der Waals surface area contributed by atoms with Crippen LogP contribution in [0.25, 0.3) is 0 Å². The summed E-state index contributed by atoms with van der Waals surface area (Å²) in [4.78, 5) is 169. The normalized spacial score (nSPS) is 18.6. The standard InChI is InChI=1S/C70H105N11O17/c1-13-45(6)64(54(95-11)36-60(88)80-29-20-25-52(80)66(96-12)46(7)67(91)74-47(8)65(90)49-23-18-15-19-24-49)78(10)70(94)62(43(2)3)76-69(93)63(44(4)5)77(9)61(89)39-73-68(92)51(35-48-21-16-14-17-22-48)75-56(84)38-71-55(83)37-72-57(85)40-79-31-33-97-41-50(42-98-34-32-79)53(82)28-30-81-58(86)26-27-59(81)87/h14-19,21-24,26-27,43-47,50-52,54,62-66,90H,13,20,25,28-42H2,1-12H3,(H,71,83)(H,72,85)(H,73,92)(H,74,91)(H,75,84)(H,76,93)/t45-,46+,47+,51-,52+,54+,62-,63-,64-,65+,66+/m0/s1. The molecule has 2 aromatic carbocycles. The molecule has 2 saturated heterocycles. The van der Waals surface area contributed by atoms with E-state index in [0.717, 1.165) is 17.1 Å². The maximum Gasteiger partial charge on any atom is 0.253 e. The predicted octanol–water partition coefficient (Wildman–Crippen LogP) is 0.694. The second-order valence-corrected chi connectivity index (χ2v) is 26.2. The van der Waals surface area contributed by atoms with Crippen LogP contribution in [0.5, 0.6) is 0 Å². The molecular formula is C70H105N11O17. The van der Waals surface area contributed by atoms with Crippen LogP contribution in [-0.2, 0) is 82.9 Å². The van der Waals surface area contributed by atoms with E-state index in [4.69, 9.17) is 18.9 Å². The Morgan fingerprint density at radius 1 is 0.684 bits per heavy atom. The first-order valence-corrected chi connectivity index (χ1v) is 33.9. The third kappa shape index (κ3) is 23.9. The average molecular weight is 1370 g/mol. The van der Waals surface area contributed by atoms with Gasteiger partial charge in [-0.05, 0) is 48.6 Å². The van der Waals surface area contributed by atoms with Gasteiger partial charge in [0.05, 0.1) is 107 Å². The van der Waals surface area contributed by atoms with Crippen LogP contribution in [0.4, 0.5) is 0 Å². The van der Waals surface area contributed by atoms with Gasteiger partial charge in [-0.2, -0.15) is 0 Å². The second-order valence-electron chi connectivity index (χ2n) is 26.2.